The summed E-state index contributed by atoms with van der Waals surface area (Å²) in [7, 11) is 0. The van der Waals surface area contributed by atoms with E-state index in [0.717, 1.165) is 44.0 Å². The first-order chi connectivity index (χ1) is 8.63. The van der Waals surface area contributed by atoms with Crippen molar-refractivity contribution in [2.45, 2.75) is 13.8 Å². The molecule has 4 heteroatoms. The zero-order chi connectivity index (χ0) is 13.1. The average molecular weight is 248 g/mol. The number of anilines is 1. The predicted molar refractivity (Wildman–Crippen MR) is 72.5 cm³/mol. The van der Waals surface area contributed by atoms with Gasteiger partial charge in [0.05, 0.1) is 11.3 Å². The Morgan fingerprint density at radius 2 is 1.94 bits per heavy atom. The number of carboxylic acids is 1. The van der Waals surface area contributed by atoms with E-state index in [1.807, 2.05) is 19.1 Å². The summed E-state index contributed by atoms with van der Waals surface area (Å²) in [5.74, 6) is -0.841. The lowest BCUT2D eigenvalue weighted by atomic mass is 10.1. The van der Waals surface area contributed by atoms with Gasteiger partial charge >= 0.3 is 5.97 Å². The number of benzene rings is 1. The number of hydrogen-bond acceptors (Lipinski definition) is 3. The fraction of sp³-hybridized carbons (Fsp3) is 0.500. The fourth-order valence-corrected chi connectivity index (χ4v) is 2.54. The summed E-state index contributed by atoms with van der Waals surface area (Å²) in [5.41, 5.74) is 2.35. The van der Waals surface area contributed by atoms with E-state index in [1.54, 1.807) is 6.07 Å². The number of piperazine rings is 1. The molecule has 1 aromatic carbocycles. The van der Waals surface area contributed by atoms with Gasteiger partial charge in [0.25, 0.3) is 0 Å². The van der Waals surface area contributed by atoms with E-state index >= 15 is 0 Å². The van der Waals surface area contributed by atoms with Crippen molar-refractivity contribution in [2.24, 2.45) is 0 Å². The van der Waals surface area contributed by atoms with Gasteiger partial charge in [-0.3, -0.25) is 0 Å². The zero-order valence-electron chi connectivity index (χ0n) is 11.0. The quantitative estimate of drug-likeness (QED) is 0.886. The number of carboxylic acid groups (broad SMARTS) is 1. The number of carbonyl (C=O) groups is 1. The van der Waals surface area contributed by atoms with Crippen LogP contribution in [0.15, 0.2) is 18.2 Å². The molecule has 1 heterocycles. The Morgan fingerprint density at radius 3 is 2.50 bits per heavy atom. The third-order valence-corrected chi connectivity index (χ3v) is 3.60. The average Bonchev–Trinajstić information content (AvgIpc) is 2.38. The molecule has 0 amide bonds. The SMILES string of the molecule is CCN1CCN(c2c(C)cccc2C(=O)O)CC1. The predicted octanol–water partition coefficient (Wildman–Crippen LogP) is 1.84. The topological polar surface area (TPSA) is 43.8 Å². The standard InChI is InChI=1S/C14H20N2O2/c1-3-15-7-9-16(10-8-15)13-11(2)5-4-6-12(13)14(17)18/h4-6H,3,7-10H2,1-2H3,(H,17,18). The summed E-state index contributed by atoms with van der Waals surface area (Å²) in [6.45, 7) is 9.01. The summed E-state index contributed by atoms with van der Waals surface area (Å²) in [6.07, 6.45) is 0. The van der Waals surface area contributed by atoms with Gasteiger partial charge in [0, 0.05) is 26.2 Å². The minimum Gasteiger partial charge on any atom is -0.478 e. The normalized spacial score (nSPS) is 16.9. The molecule has 18 heavy (non-hydrogen) atoms. The molecule has 98 valence electrons. The van der Waals surface area contributed by atoms with E-state index in [2.05, 4.69) is 16.7 Å². The first kappa shape index (κ1) is 12.9. The molecule has 2 rings (SSSR count). The van der Waals surface area contributed by atoms with Gasteiger partial charge in [0.15, 0.2) is 0 Å². The van der Waals surface area contributed by atoms with Crippen LogP contribution in [0.3, 0.4) is 0 Å². The molecule has 1 aromatic rings. The van der Waals surface area contributed by atoms with E-state index in [4.69, 9.17) is 0 Å². The maximum Gasteiger partial charge on any atom is 0.337 e. The maximum absolute atomic E-state index is 11.3. The number of nitrogens with zero attached hydrogens (tertiary/aromatic N) is 2. The van der Waals surface area contributed by atoms with Gasteiger partial charge < -0.3 is 14.9 Å². The lowest BCUT2D eigenvalue weighted by Gasteiger charge is -2.36. The second-order valence-electron chi connectivity index (χ2n) is 4.70. The van der Waals surface area contributed by atoms with Crippen molar-refractivity contribution in [1.29, 1.82) is 0 Å². The van der Waals surface area contributed by atoms with Crippen molar-refractivity contribution in [3.05, 3.63) is 29.3 Å². The van der Waals surface area contributed by atoms with E-state index in [-0.39, 0.29) is 0 Å². The molecule has 0 bridgehead atoms. The first-order valence-corrected chi connectivity index (χ1v) is 6.43. The molecular formula is C14H20N2O2. The van der Waals surface area contributed by atoms with Gasteiger partial charge in [-0.05, 0) is 25.1 Å². The maximum atomic E-state index is 11.3. The van der Waals surface area contributed by atoms with E-state index < -0.39 is 5.97 Å². The highest BCUT2D eigenvalue weighted by molar-refractivity contribution is 5.95. The highest BCUT2D eigenvalue weighted by Crippen LogP contribution is 2.26. The molecule has 1 saturated heterocycles. The van der Waals surface area contributed by atoms with Gasteiger partial charge in [0.1, 0.15) is 0 Å². The van der Waals surface area contributed by atoms with Crippen LogP contribution in [0, 0.1) is 6.92 Å². The van der Waals surface area contributed by atoms with Crippen molar-refractivity contribution in [3.63, 3.8) is 0 Å². The van der Waals surface area contributed by atoms with Crippen molar-refractivity contribution in [3.8, 4) is 0 Å². The van der Waals surface area contributed by atoms with Crippen molar-refractivity contribution >= 4 is 11.7 Å². The van der Waals surface area contributed by atoms with Gasteiger partial charge in [-0.15, -0.1) is 0 Å². The molecule has 0 radical (unpaired) electrons. The molecule has 0 atom stereocenters. The van der Waals surface area contributed by atoms with Crippen LogP contribution in [-0.2, 0) is 0 Å². The largest absolute Gasteiger partial charge is 0.478 e. The Hall–Kier alpha value is -1.55. The number of aromatic carboxylic acids is 1. The molecule has 0 aromatic heterocycles. The first-order valence-electron chi connectivity index (χ1n) is 6.43. The summed E-state index contributed by atoms with van der Waals surface area (Å²) in [6, 6.07) is 5.48. The fourth-order valence-electron chi connectivity index (χ4n) is 2.54. The van der Waals surface area contributed by atoms with Crippen LogP contribution < -0.4 is 4.90 Å². The molecular weight excluding hydrogens is 228 g/mol. The van der Waals surface area contributed by atoms with E-state index in [9.17, 15) is 9.90 Å². The van der Waals surface area contributed by atoms with Gasteiger partial charge in [-0.25, -0.2) is 4.79 Å². The smallest absolute Gasteiger partial charge is 0.337 e. The summed E-state index contributed by atoms with van der Waals surface area (Å²) in [5, 5.41) is 9.28. The van der Waals surface area contributed by atoms with Crippen molar-refractivity contribution in [2.75, 3.05) is 37.6 Å². The number of rotatable bonds is 3. The number of aryl methyl sites for hydroxylation is 1. The van der Waals surface area contributed by atoms with Gasteiger partial charge in [-0.1, -0.05) is 19.1 Å². The molecule has 1 aliphatic rings. The highest BCUT2D eigenvalue weighted by Gasteiger charge is 2.21. The number of hydrogen-bond donors (Lipinski definition) is 1. The molecule has 1 N–H and O–H groups in total. The molecule has 0 spiro atoms. The summed E-state index contributed by atoms with van der Waals surface area (Å²) in [4.78, 5) is 15.9. The number of para-hydroxylation sites is 1. The van der Waals surface area contributed by atoms with Crippen LogP contribution in [0.1, 0.15) is 22.8 Å². The van der Waals surface area contributed by atoms with Crippen LogP contribution in [-0.4, -0.2) is 48.7 Å². The lowest BCUT2D eigenvalue weighted by molar-refractivity contribution is 0.0697. The Balaban J connectivity index is 2.26. The highest BCUT2D eigenvalue weighted by atomic mass is 16.4. The molecule has 1 aliphatic heterocycles. The van der Waals surface area contributed by atoms with Crippen LogP contribution in [0.5, 0.6) is 0 Å². The Labute approximate surface area is 108 Å². The van der Waals surface area contributed by atoms with Crippen LogP contribution in [0.4, 0.5) is 5.69 Å². The van der Waals surface area contributed by atoms with Crippen molar-refractivity contribution in [1.82, 2.24) is 4.90 Å². The minimum absolute atomic E-state index is 0.417. The van der Waals surface area contributed by atoms with Crippen LogP contribution >= 0.6 is 0 Å². The molecule has 4 nitrogen and oxygen atoms in total. The minimum atomic E-state index is -0.841. The second kappa shape index (κ2) is 5.40. The van der Waals surface area contributed by atoms with Gasteiger partial charge in [-0.2, -0.15) is 0 Å². The van der Waals surface area contributed by atoms with Gasteiger partial charge in [0.2, 0.25) is 0 Å². The van der Waals surface area contributed by atoms with E-state index in [1.165, 1.54) is 0 Å². The zero-order valence-corrected chi connectivity index (χ0v) is 11.0. The summed E-state index contributed by atoms with van der Waals surface area (Å²) >= 11 is 0. The van der Waals surface area contributed by atoms with Crippen LogP contribution in [0.2, 0.25) is 0 Å². The monoisotopic (exact) mass is 248 g/mol. The third-order valence-electron chi connectivity index (χ3n) is 3.60. The third kappa shape index (κ3) is 2.48. The second-order valence-corrected chi connectivity index (χ2v) is 4.70. The lowest BCUT2D eigenvalue weighted by Crippen LogP contribution is -2.46. The van der Waals surface area contributed by atoms with Crippen LogP contribution in [0.25, 0.3) is 0 Å². The van der Waals surface area contributed by atoms with E-state index in [0.29, 0.717) is 5.56 Å². The Bertz CT molecular complexity index is 437. The Kier molecular flexibility index (Phi) is 3.87. The summed E-state index contributed by atoms with van der Waals surface area (Å²) < 4.78 is 0. The molecule has 0 aliphatic carbocycles. The molecule has 0 saturated carbocycles. The molecule has 1 fully saturated rings. The molecule has 0 unspecified atom stereocenters. The number of likely N-dealkylation sites (N-methyl/N-ethyl adjacent to an activating group) is 1. The van der Waals surface area contributed by atoms with Crippen molar-refractivity contribution < 1.29 is 9.90 Å². The Morgan fingerprint density at radius 1 is 1.28 bits per heavy atom.